The minimum Gasteiger partial charge on any atom is -0.512 e. The predicted molar refractivity (Wildman–Crippen MR) is 58.9 cm³/mol. The number of rotatable bonds is 6. The van der Waals surface area contributed by atoms with Crippen LogP contribution < -0.4 is 4.65 Å². The molecule has 0 aliphatic rings. The smallest absolute Gasteiger partial charge is 0.512 e. The molecule has 16 heavy (non-hydrogen) atoms. The third-order valence-corrected chi connectivity index (χ3v) is 1.95. The first-order valence-electron chi connectivity index (χ1n) is 4.51. The molecule has 0 aliphatic carbocycles. The van der Waals surface area contributed by atoms with Crippen molar-refractivity contribution < 1.29 is 24.2 Å². The van der Waals surface area contributed by atoms with Gasteiger partial charge in [0.2, 0.25) is 0 Å². The summed E-state index contributed by atoms with van der Waals surface area (Å²) < 4.78 is 14.6. The molecular formula is C9H12BClO5. The predicted octanol–water partition coefficient (Wildman–Crippen LogP) is 0.809. The van der Waals surface area contributed by atoms with Crippen LogP contribution in [0.4, 0.5) is 0 Å². The molecule has 1 rings (SSSR count). The highest BCUT2D eigenvalue weighted by atomic mass is 35.5. The van der Waals surface area contributed by atoms with E-state index < -0.39 is 7.32 Å². The highest BCUT2D eigenvalue weighted by molar-refractivity contribution is 6.34. The Bertz CT molecular complexity index is 334. The van der Waals surface area contributed by atoms with Crippen LogP contribution >= 0.6 is 11.6 Å². The summed E-state index contributed by atoms with van der Waals surface area (Å²) in [6, 6.07) is 4.74. The Morgan fingerprint density at radius 1 is 1.38 bits per heavy atom. The molecule has 0 atom stereocenters. The maximum atomic E-state index is 8.71. The number of benzene rings is 1. The first-order chi connectivity index (χ1) is 7.63. The van der Waals surface area contributed by atoms with Gasteiger partial charge >= 0.3 is 7.32 Å². The molecule has 0 saturated heterocycles. The molecule has 5 nitrogen and oxygen atoms in total. The Hall–Kier alpha value is -0.785. The third-order valence-electron chi connectivity index (χ3n) is 1.71. The van der Waals surface area contributed by atoms with E-state index in [1.54, 1.807) is 12.1 Å². The van der Waals surface area contributed by atoms with E-state index in [0.717, 1.165) is 0 Å². The van der Waals surface area contributed by atoms with Gasteiger partial charge in [-0.3, -0.25) is 0 Å². The average Bonchev–Trinajstić information content (AvgIpc) is 2.22. The maximum Gasteiger partial charge on any atom is 0.707 e. The van der Waals surface area contributed by atoms with Gasteiger partial charge in [0, 0.05) is 17.7 Å². The summed E-state index contributed by atoms with van der Waals surface area (Å²) in [5.74, 6) is 0.301. The van der Waals surface area contributed by atoms with E-state index in [0.29, 0.717) is 16.3 Å². The highest BCUT2D eigenvalue weighted by Crippen LogP contribution is 2.23. The molecule has 7 heteroatoms. The van der Waals surface area contributed by atoms with Crippen LogP contribution in [0.2, 0.25) is 5.02 Å². The fourth-order valence-corrected chi connectivity index (χ4v) is 1.32. The molecule has 0 unspecified atom stereocenters. The number of halogens is 1. The molecule has 1 aromatic carbocycles. The van der Waals surface area contributed by atoms with Crippen LogP contribution in [0, 0.1) is 0 Å². The van der Waals surface area contributed by atoms with Gasteiger partial charge in [-0.2, -0.15) is 0 Å². The van der Waals surface area contributed by atoms with Crippen LogP contribution in [0.1, 0.15) is 5.56 Å². The molecule has 0 aliphatic heterocycles. The van der Waals surface area contributed by atoms with E-state index in [1.807, 2.05) is 0 Å². The number of methoxy groups -OCH3 is 1. The molecule has 0 saturated carbocycles. The van der Waals surface area contributed by atoms with E-state index in [4.69, 9.17) is 35.8 Å². The highest BCUT2D eigenvalue weighted by Gasteiger charge is 2.14. The Balaban J connectivity index is 2.73. The zero-order chi connectivity index (χ0) is 12.0. The van der Waals surface area contributed by atoms with Crippen LogP contribution in [0.15, 0.2) is 18.2 Å². The first-order valence-corrected chi connectivity index (χ1v) is 4.89. The van der Waals surface area contributed by atoms with Gasteiger partial charge in [-0.1, -0.05) is 11.6 Å². The van der Waals surface area contributed by atoms with Crippen molar-refractivity contribution >= 4 is 18.9 Å². The van der Waals surface area contributed by atoms with E-state index >= 15 is 0 Å². The minimum atomic E-state index is -1.87. The monoisotopic (exact) mass is 246 g/mol. The van der Waals surface area contributed by atoms with Gasteiger partial charge in [0.05, 0.1) is 6.61 Å². The fourth-order valence-electron chi connectivity index (χ4n) is 1.12. The van der Waals surface area contributed by atoms with Crippen molar-refractivity contribution in [3.63, 3.8) is 0 Å². The van der Waals surface area contributed by atoms with Crippen LogP contribution in [-0.4, -0.2) is 31.3 Å². The molecule has 0 aromatic heterocycles. The summed E-state index contributed by atoms with van der Waals surface area (Å²) in [7, 11) is -0.366. The van der Waals surface area contributed by atoms with Crippen molar-refractivity contribution in [3.8, 4) is 5.75 Å². The molecular weight excluding hydrogens is 234 g/mol. The molecule has 1 aromatic rings. The maximum absolute atomic E-state index is 8.71. The van der Waals surface area contributed by atoms with Gasteiger partial charge in [0.1, 0.15) is 12.5 Å². The summed E-state index contributed by atoms with van der Waals surface area (Å²) >= 11 is 5.80. The standard InChI is InChI=1S/C9H12BClO5/c1-14-6-15-5-7-4-8(11)2-3-9(7)16-10(12)13/h2-4,12-13H,5-6H2,1H3. The van der Waals surface area contributed by atoms with E-state index in [9.17, 15) is 0 Å². The lowest BCUT2D eigenvalue weighted by atomic mass is 10.2. The summed E-state index contributed by atoms with van der Waals surface area (Å²) in [5.41, 5.74) is 0.609. The zero-order valence-corrected chi connectivity index (χ0v) is 9.48. The van der Waals surface area contributed by atoms with Crippen LogP contribution in [0.25, 0.3) is 0 Å². The van der Waals surface area contributed by atoms with E-state index in [1.165, 1.54) is 13.2 Å². The summed E-state index contributed by atoms with van der Waals surface area (Å²) in [6.45, 7) is 0.337. The Morgan fingerprint density at radius 2 is 2.12 bits per heavy atom. The number of hydrogen-bond acceptors (Lipinski definition) is 5. The van der Waals surface area contributed by atoms with E-state index in [-0.39, 0.29) is 13.4 Å². The van der Waals surface area contributed by atoms with Crippen LogP contribution in [-0.2, 0) is 16.1 Å². The van der Waals surface area contributed by atoms with Crippen molar-refractivity contribution in [2.45, 2.75) is 6.61 Å². The second-order valence-electron chi connectivity index (χ2n) is 2.95. The molecule has 0 spiro atoms. The molecule has 0 bridgehead atoms. The summed E-state index contributed by atoms with van der Waals surface area (Å²) in [6.07, 6.45) is 0. The fraction of sp³-hybridized carbons (Fsp3) is 0.333. The second-order valence-corrected chi connectivity index (χ2v) is 3.39. The van der Waals surface area contributed by atoms with E-state index in [2.05, 4.69) is 0 Å². The normalized spacial score (nSPS) is 10.2. The van der Waals surface area contributed by atoms with Crippen LogP contribution in [0.3, 0.4) is 0 Å². The topological polar surface area (TPSA) is 68.2 Å². The first kappa shape index (κ1) is 13.3. The lowest BCUT2D eigenvalue weighted by Gasteiger charge is -2.11. The van der Waals surface area contributed by atoms with Gasteiger partial charge in [-0.25, -0.2) is 0 Å². The van der Waals surface area contributed by atoms with Gasteiger partial charge in [-0.15, -0.1) is 0 Å². The van der Waals surface area contributed by atoms with Crippen molar-refractivity contribution in [2.24, 2.45) is 0 Å². The number of ether oxygens (including phenoxy) is 2. The summed E-state index contributed by atoms with van der Waals surface area (Å²) in [4.78, 5) is 0. The SMILES string of the molecule is COCOCc1cc(Cl)ccc1OB(O)O. The van der Waals surface area contributed by atoms with Gasteiger partial charge in [0.25, 0.3) is 0 Å². The molecule has 0 fully saturated rings. The summed E-state index contributed by atoms with van der Waals surface area (Å²) in [5, 5.41) is 17.9. The Kier molecular flexibility index (Phi) is 5.58. The van der Waals surface area contributed by atoms with Gasteiger partial charge in [-0.05, 0) is 18.2 Å². The third kappa shape index (κ3) is 4.38. The molecule has 0 radical (unpaired) electrons. The van der Waals surface area contributed by atoms with Crippen molar-refractivity contribution in [1.29, 1.82) is 0 Å². The van der Waals surface area contributed by atoms with Crippen molar-refractivity contribution in [3.05, 3.63) is 28.8 Å². The molecule has 0 amide bonds. The van der Waals surface area contributed by atoms with Crippen molar-refractivity contribution in [2.75, 3.05) is 13.9 Å². The van der Waals surface area contributed by atoms with Gasteiger partial charge in [0.15, 0.2) is 0 Å². The number of hydrogen-bond donors (Lipinski definition) is 2. The molecule has 88 valence electrons. The lowest BCUT2D eigenvalue weighted by Crippen LogP contribution is -2.21. The van der Waals surface area contributed by atoms with Gasteiger partial charge < -0.3 is 24.2 Å². The van der Waals surface area contributed by atoms with Crippen LogP contribution in [0.5, 0.6) is 5.75 Å². The molecule has 0 heterocycles. The zero-order valence-electron chi connectivity index (χ0n) is 8.72. The quantitative estimate of drug-likeness (QED) is 0.442. The second kappa shape index (κ2) is 6.72. The Morgan fingerprint density at radius 3 is 2.75 bits per heavy atom. The largest absolute Gasteiger partial charge is 0.707 e. The average molecular weight is 246 g/mol. The Labute approximate surface area is 98.7 Å². The molecule has 2 N–H and O–H groups in total. The lowest BCUT2D eigenvalue weighted by molar-refractivity contribution is -0.0394. The van der Waals surface area contributed by atoms with Crippen molar-refractivity contribution in [1.82, 2.24) is 0 Å². The minimum absolute atomic E-state index is 0.133.